The number of pyridine rings is 1. The second kappa shape index (κ2) is 8.46. The van der Waals surface area contributed by atoms with Gasteiger partial charge in [0.15, 0.2) is 0 Å². The van der Waals surface area contributed by atoms with Gasteiger partial charge in [-0.25, -0.2) is 12.7 Å². The van der Waals surface area contributed by atoms with Crippen molar-refractivity contribution in [2.75, 3.05) is 12.3 Å². The molecule has 1 heterocycles. The minimum absolute atomic E-state index is 0.105. The number of aryl methyl sites for hydroxylation is 1. The van der Waals surface area contributed by atoms with Gasteiger partial charge in [-0.3, -0.25) is 9.78 Å². The molecule has 0 aliphatic heterocycles. The molecule has 0 unspecified atom stereocenters. The van der Waals surface area contributed by atoms with Gasteiger partial charge in [0.2, 0.25) is 10.0 Å². The third kappa shape index (κ3) is 6.10. The van der Waals surface area contributed by atoms with E-state index < -0.39 is 34.4 Å². The van der Waals surface area contributed by atoms with E-state index in [0.717, 1.165) is 24.8 Å². The predicted molar refractivity (Wildman–Crippen MR) is 84.0 cm³/mol. The Balaban J connectivity index is 3.07. The number of hydrogen-bond donors (Lipinski definition) is 0. The van der Waals surface area contributed by atoms with E-state index in [4.69, 9.17) is 0 Å². The van der Waals surface area contributed by atoms with Crippen LogP contribution < -0.4 is 0 Å². The minimum Gasteiger partial charge on any atom is -0.266 e. The van der Waals surface area contributed by atoms with Crippen LogP contribution in [0.5, 0.6) is 0 Å². The van der Waals surface area contributed by atoms with E-state index >= 15 is 0 Å². The van der Waals surface area contributed by atoms with Crippen LogP contribution in [0.25, 0.3) is 0 Å². The highest BCUT2D eigenvalue weighted by Crippen LogP contribution is 2.21. The highest BCUT2D eigenvalue weighted by molar-refractivity contribution is 7.89. The normalized spacial score (nSPS) is 12.2. The first kappa shape index (κ1) is 20.4. The van der Waals surface area contributed by atoms with E-state index in [0.29, 0.717) is 0 Å². The molecule has 0 aliphatic rings. The van der Waals surface area contributed by atoms with Crippen molar-refractivity contribution in [3.05, 3.63) is 29.6 Å². The Morgan fingerprint density at radius 1 is 1.21 bits per heavy atom. The molecule has 0 fully saturated rings. The lowest BCUT2D eigenvalue weighted by Gasteiger charge is -2.23. The number of unbranched alkanes of at least 4 members (excludes halogenated alkanes) is 1. The van der Waals surface area contributed by atoms with Gasteiger partial charge in [0.05, 0.1) is 5.75 Å². The molecule has 136 valence electrons. The number of halogens is 3. The third-order valence-corrected chi connectivity index (χ3v) is 5.10. The Bertz CT molecular complexity index is 643. The second-order valence-corrected chi connectivity index (χ2v) is 7.41. The number of amides is 1. The number of rotatable bonds is 8. The molecule has 5 nitrogen and oxygen atoms in total. The minimum atomic E-state index is -4.82. The van der Waals surface area contributed by atoms with Crippen molar-refractivity contribution < 1.29 is 26.4 Å². The number of aromatic nitrogens is 1. The van der Waals surface area contributed by atoms with Crippen LogP contribution in [0.1, 0.15) is 49.2 Å². The molecule has 0 saturated carbocycles. The lowest BCUT2D eigenvalue weighted by atomic mass is 10.1. The van der Waals surface area contributed by atoms with E-state index in [-0.39, 0.29) is 16.4 Å². The molecule has 9 heteroatoms. The maximum Gasteiger partial charge on any atom is 0.407 e. The molecule has 0 saturated heterocycles. The van der Waals surface area contributed by atoms with Crippen LogP contribution in [0.15, 0.2) is 18.3 Å². The summed E-state index contributed by atoms with van der Waals surface area (Å²) in [5, 5.41) is 0. The summed E-state index contributed by atoms with van der Waals surface area (Å²) >= 11 is 0. The molecule has 0 atom stereocenters. The lowest BCUT2D eigenvalue weighted by molar-refractivity contribution is -0.132. The number of hydrogen-bond acceptors (Lipinski definition) is 4. The van der Waals surface area contributed by atoms with E-state index in [2.05, 4.69) is 4.98 Å². The van der Waals surface area contributed by atoms with Crippen molar-refractivity contribution in [2.45, 2.75) is 45.7 Å². The molecule has 0 aromatic carbocycles. The van der Waals surface area contributed by atoms with Gasteiger partial charge in [-0.05, 0) is 30.9 Å². The Morgan fingerprint density at radius 2 is 1.88 bits per heavy atom. The molecule has 1 amide bonds. The Hall–Kier alpha value is -1.64. The van der Waals surface area contributed by atoms with Crippen LogP contribution in [-0.2, 0) is 16.4 Å². The van der Waals surface area contributed by atoms with E-state index in [9.17, 15) is 26.4 Å². The summed E-state index contributed by atoms with van der Waals surface area (Å²) < 4.78 is 61.9. The lowest BCUT2D eigenvalue weighted by Crippen LogP contribution is -2.44. The van der Waals surface area contributed by atoms with Gasteiger partial charge in [0.25, 0.3) is 5.91 Å². The van der Waals surface area contributed by atoms with Gasteiger partial charge in [-0.1, -0.05) is 26.3 Å². The Labute approximate surface area is 139 Å². The van der Waals surface area contributed by atoms with Gasteiger partial charge in [0.1, 0.15) is 12.2 Å². The predicted octanol–water partition coefficient (Wildman–Crippen LogP) is 3.17. The summed E-state index contributed by atoms with van der Waals surface area (Å²) in [4.78, 5) is 16.1. The van der Waals surface area contributed by atoms with Crippen molar-refractivity contribution in [1.29, 1.82) is 0 Å². The first-order valence-corrected chi connectivity index (χ1v) is 9.28. The maximum absolute atomic E-state index is 12.7. The molecule has 24 heavy (non-hydrogen) atoms. The van der Waals surface area contributed by atoms with E-state index in [1.165, 1.54) is 19.2 Å². The van der Waals surface area contributed by atoms with Crippen LogP contribution >= 0.6 is 0 Å². The molecule has 1 aromatic rings. The van der Waals surface area contributed by atoms with Gasteiger partial charge >= 0.3 is 6.18 Å². The number of carbonyl (C=O) groups excluding carboxylic acids is 1. The van der Waals surface area contributed by atoms with Crippen LogP contribution in [0.2, 0.25) is 0 Å². The fourth-order valence-corrected chi connectivity index (χ4v) is 3.46. The second-order valence-electron chi connectivity index (χ2n) is 5.40. The van der Waals surface area contributed by atoms with Crippen LogP contribution in [0, 0.1) is 0 Å². The maximum atomic E-state index is 12.7. The Kier molecular flexibility index (Phi) is 7.19. The molecule has 1 rings (SSSR count). The van der Waals surface area contributed by atoms with Gasteiger partial charge in [-0.2, -0.15) is 13.2 Å². The molecular weight excluding hydrogens is 345 g/mol. The largest absolute Gasteiger partial charge is 0.407 e. The fourth-order valence-electron chi connectivity index (χ4n) is 2.04. The summed E-state index contributed by atoms with van der Waals surface area (Å²) in [7, 11) is -4.35. The molecular formula is C15H21F3N2O3S. The summed E-state index contributed by atoms with van der Waals surface area (Å²) in [6.07, 6.45) is -0.709. The Morgan fingerprint density at radius 3 is 2.33 bits per heavy atom. The zero-order valence-corrected chi connectivity index (χ0v) is 14.5. The molecule has 0 aliphatic carbocycles. The van der Waals surface area contributed by atoms with Crippen LogP contribution in [0.4, 0.5) is 13.2 Å². The van der Waals surface area contributed by atoms with Gasteiger partial charge < -0.3 is 0 Å². The van der Waals surface area contributed by atoms with E-state index in [1.54, 1.807) is 6.07 Å². The quantitative estimate of drug-likeness (QED) is 0.709. The zero-order chi connectivity index (χ0) is 18.4. The first-order valence-electron chi connectivity index (χ1n) is 7.67. The van der Waals surface area contributed by atoms with Gasteiger partial charge in [-0.15, -0.1) is 0 Å². The van der Waals surface area contributed by atoms with Crippen molar-refractivity contribution in [3.63, 3.8) is 0 Å². The summed E-state index contributed by atoms with van der Waals surface area (Å²) in [6, 6.07) is 2.84. The summed E-state index contributed by atoms with van der Waals surface area (Å²) in [5.41, 5.74) is 0.520. The third-order valence-electron chi connectivity index (χ3n) is 3.21. The number of sulfonamides is 1. The van der Waals surface area contributed by atoms with Gasteiger partial charge in [0, 0.05) is 6.20 Å². The smallest absolute Gasteiger partial charge is 0.266 e. The average Bonchev–Trinajstić information content (AvgIpc) is 2.49. The number of carbonyl (C=O) groups is 1. The first-order chi connectivity index (χ1) is 11.1. The topological polar surface area (TPSA) is 67.3 Å². The van der Waals surface area contributed by atoms with Crippen LogP contribution in [-0.4, -0.2) is 42.1 Å². The molecule has 0 bridgehead atoms. The SMILES string of the molecule is CCCCc1ccc(C(=O)N(CC(F)(F)F)S(=O)(=O)CCC)nc1. The van der Waals surface area contributed by atoms with Crippen molar-refractivity contribution >= 4 is 15.9 Å². The van der Waals surface area contributed by atoms with Crippen molar-refractivity contribution in [1.82, 2.24) is 9.29 Å². The molecule has 1 aromatic heterocycles. The molecule has 0 radical (unpaired) electrons. The summed E-state index contributed by atoms with van der Waals surface area (Å²) in [6.45, 7) is 1.67. The number of alkyl halides is 3. The van der Waals surface area contributed by atoms with Crippen molar-refractivity contribution in [2.24, 2.45) is 0 Å². The standard InChI is InChI=1S/C15H21F3N2O3S/c1-3-5-6-12-7-8-13(19-10-12)14(21)20(11-15(16,17)18)24(22,23)9-4-2/h7-8,10H,3-6,9,11H2,1-2H3. The average molecular weight is 366 g/mol. The van der Waals surface area contributed by atoms with E-state index in [1.807, 2.05) is 6.92 Å². The monoisotopic (exact) mass is 366 g/mol. The number of nitrogens with zero attached hydrogens (tertiary/aromatic N) is 2. The van der Waals surface area contributed by atoms with Crippen LogP contribution in [0.3, 0.4) is 0 Å². The fraction of sp³-hybridized carbons (Fsp3) is 0.600. The van der Waals surface area contributed by atoms with Crippen molar-refractivity contribution in [3.8, 4) is 0 Å². The summed E-state index contributed by atoms with van der Waals surface area (Å²) in [5.74, 6) is -1.80. The zero-order valence-electron chi connectivity index (χ0n) is 13.6. The molecule has 0 N–H and O–H groups in total. The molecule has 0 spiro atoms. The highest BCUT2D eigenvalue weighted by atomic mass is 32.2. The highest BCUT2D eigenvalue weighted by Gasteiger charge is 2.39.